The first kappa shape index (κ1) is 44.3. The van der Waals surface area contributed by atoms with Crippen molar-refractivity contribution in [3.05, 3.63) is 69.9 Å². The van der Waals surface area contributed by atoms with Gasteiger partial charge in [-0.25, -0.2) is 0 Å². The lowest BCUT2D eigenvalue weighted by atomic mass is 10.0. The van der Waals surface area contributed by atoms with E-state index in [-0.39, 0.29) is 12.7 Å². The maximum absolute atomic E-state index is 9.73. The summed E-state index contributed by atoms with van der Waals surface area (Å²) in [6.45, 7) is 24.1. The van der Waals surface area contributed by atoms with E-state index in [4.69, 9.17) is 9.47 Å². The molecular formula is C43H76O3. The van der Waals surface area contributed by atoms with Crippen LogP contribution in [-0.2, 0) is 9.47 Å². The van der Waals surface area contributed by atoms with Gasteiger partial charge in [0.05, 0.1) is 26.4 Å². The van der Waals surface area contributed by atoms with E-state index in [1.807, 2.05) is 0 Å². The smallest absolute Gasteiger partial charge is 0.104 e. The zero-order valence-electron chi connectivity index (χ0n) is 32.2. The maximum Gasteiger partial charge on any atom is 0.104 e. The van der Waals surface area contributed by atoms with Crippen LogP contribution >= 0.6 is 0 Å². The highest BCUT2D eigenvalue weighted by molar-refractivity contribution is 5.07. The van der Waals surface area contributed by atoms with Crippen molar-refractivity contribution in [1.29, 1.82) is 0 Å². The molecule has 0 aliphatic rings. The standard InChI is InChI=1S/C43H76O3/c1-35(2)17-11-19-37(5)21-13-23-39(7)25-15-27-41(9)29-31-45-34-43(33-44)46-32-30-42(10)28-16-26-40(8)24-14-22-38(6)20-12-18-36(3)4/h21-22,25-26,29-30,35-36,43-44H,11-20,23-24,27-28,31-34H2,1-10H3/b37-21+,38-22+,39-25+,40-26+,41-29+,42-30+/t43-/m1/s1. The van der Waals surface area contributed by atoms with E-state index in [1.165, 1.54) is 66.4 Å². The van der Waals surface area contributed by atoms with Crippen molar-refractivity contribution < 1.29 is 14.6 Å². The third-order valence-corrected chi connectivity index (χ3v) is 8.65. The first-order valence-electron chi connectivity index (χ1n) is 18.7. The van der Waals surface area contributed by atoms with Gasteiger partial charge in [0.25, 0.3) is 0 Å². The number of aliphatic hydroxyl groups is 1. The molecule has 0 aromatic carbocycles. The van der Waals surface area contributed by atoms with Crippen molar-refractivity contribution in [2.75, 3.05) is 26.4 Å². The van der Waals surface area contributed by atoms with E-state index in [2.05, 4.69) is 106 Å². The number of ether oxygens (including phenoxy) is 2. The van der Waals surface area contributed by atoms with Gasteiger partial charge in [-0.2, -0.15) is 0 Å². The van der Waals surface area contributed by atoms with Crippen molar-refractivity contribution in [2.45, 2.75) is 165 Å². The van der Waals surface area contributed by atoms with Gasteiger partial charge in [0, 0.05) is 0 Å². The predicted octanol–water partition coefficient (Wildman–Crippen LogP) is 12.8. The summed E-state index contributed by atoms with van der Waals surface area (Å²) >= 11 is 0. The van der Waals surface area contributed by atoms with Crippen LogP contribution in [0.1, 0.15) is 159 Å². The van der Waals surface area contributed by atoms with Crippen LogP contribution in [0.5, 0.6) is 0 Å². The Hall–Kier alpha value is -1.68. The van der Waals surface area contributed by atoms with E-state index >= 15 is 0 Å². The second-order valence-electron chi connectivity index (χ2n) is 14.7. The van der Waals surface area contributed by atoms with E-state index in [0.717, 1.165) is 63.2 Å². The second kappa shape index (κ2) is 29.5. The van der Waals surface area contributed by atoms with Gasteiger partial charge in [0.2, 0.25) is 0 Å². The van der Waals surface area contributed by atoms with Crippen LogP contribution in [0, 0.1) is 11.8 Å². The van der Waals surface area contributed by atoms with Gasteiger partial charge in [-0.15, -0.1) is 0 Å². The molecule has 46 heavy (non-hydrogen) atoms. The predicted molar refractivity (Wildman–Crippen MR) is 205 cm³/mol. The van der Waals surface area contributed by atoms with Gasteiger partial charge >= 0.3 is 0 Å². The fourth-order valence-corrected chi connectivity index (χ4v) is 5.26. The molecule has 0 radical (unpaired) electrons. The molecule has 0 aliphatic heterocycles. The van der Waals surface area contributed by atoms with Crippen LogP contribution in [0.25, 0.3) is 0 Å². The third-order valence-electron chi connectivity index (χ3n) is 8.65. The molecule has 0 bridgehead atoms. The minimum Gasteiger partial charge on any atom is -0.394 e. The second-order valence-corrected chi connectivity index (χ2v) is 14.7. The van der Waals surface area contributed by atoms with Gasteiger partial charge < -0.3 is 14.6 Å². The van der Waals surface area contributed by atoms with E-state index in [0.29, 0.717) is 19.8 Å². The van der Waals surface area contributed by atoms with E-state index in [1.54, 1.807) is 5.57 Å². The summed E-state index contributed by atoms with van der Waals surface area (Å²) in [5.41, 5.74) is 8.71. The number of hydrogen-bond donors (Lipinski definition) is 1. The van der Waals surface area contributed by atoms with Crippen molar-refractivity contribution >= 4 is 0 Å². The van der Waals surface area contributed by atoms with Crippen molar-refractivity contribution in [3.63, 3.8) is 0 Å². The lowest BCUT2D eigenvalue weighted by Crippen LogP contribution is -2.24. The molecule has 0 aliphatic carbocycles. The number of aliphatic hydroxyl groups excluding tert-OH is 1. The highest BCUT2D eigenvalue weighted by atomic mass is 16.5. The van der Waals surface area contributed by atoms with Gasteiger partial charge in [-0.1, -0.05) is 110 Å². The Balaban J connectivity index is 4.17. The van der Waals surface area contributed by atoms with Crippen LogP contribution in [0.3, 0.4) is 0 Å². The minimum atomic E-state index is -0.291. The summed E-state index contributed by atoms with van der Waals surface area (Å²) in [7, 11) is 0. The first-order chi connectivity index (χ1) is 21.9. The summed E-state index contributed by atoms with van der Waals surface area (Å²) in [5, 5.41) is 9.73. The van der Waals surface area contributed by atoms with Crippen LogP contribution in [0.2, 0.25) is 0 Å². The average molecular weight is 641 g/mol. The molecule has 1 atom stereocenters. The fourth-order valence-electron chi connectivity index (χ4n) is 5.26. The fraction of sp³-hybridized carbons (Fsp3) is 0.721. The van der Waals surface area contributed by atoms with E-state index in [9.17, 15) is 5.11 Å². The molecule has 1 N–H and O–H groups in total. The molecule has 0 spiro atoms. The summed E-state index contributed by atoms with van der Waals surface area (Å²) < 4.78 is 11.7. The Morgan fingerprint density at radius 3 is 1.22 bits per heavy atom. The summed E-state index contributed by atoms with van der Waals surface area (Å²) in [6.07, 6.45) is 30.2. The zero-order chi connectivity index (χ0) is 34.6. The number of rotatable bonds is 28. The maximum atomic E-state index is 9.73. The van der Waals surface area contributed by atoms with Gasteiger partial charge in [0.1, 0.15) is 6.10 Å². The molecule has 0 aromatic heterocycles. The molecule has 0 heterocycles. The topological polar surface area (TPSA) is 38.7 Å². The summed E-state index contributed by atoms with van der Waals surface area (Å²) in [5.74, 6) is 1.61. The van der Waals surface area contributed by atoms with E-state index < -0.39 is 0 Å². The molecule has 0 saturated carbocycles. The van der Waals surface area contributed by atoms with Crippen molar-refractivity contribution in [2.24, 2.45) is 11.8 Å². The quantitative estimate of drug-likeness (QED) is 0.0683. The molecular weight excluding hydrogens is 564 g/mol. The molecule has 0 fully saturated rings. The Kier molecular flexibility index (Phi) is 28.4. The van der Waals surface area contributed by atoms with Crippen LogP contribution in [-0.4, -0.2) is 37.6 Å². The summed E-state index contributed by atoms with van der Waals surface area (Å²) in [4.78, 5) is 0. The normalized spacial score (nSPS) is 15.1. The Morgan fingerprint density at radius 2 is 0.848 bits per heavy atom. The molecule has 0 aromatic rings. The Bertz CT molecular complexity index is 941. The molecule has 0 unspecified atom stereocenters. The van der Waals surface area contributed by atoms with Crippen molar-refractivity contribution in [1.82, 2.24) is 0 Å². The molecule has 3 nitrogen and oxygen atoms in total. The number of hydrogen-bond acceptors (Lipinski definition) is 3. The largest absolute Gasteiger partial charge is 0.394 e. The van der Waals surface area contributed by atoms with Gasteiger partial charge in [-0.05, 0) is 130 Å². The molecule has 3 heteroatoms. The van der Waals surface area contributed by atoms with Crippen molar-refractivity contribution in [3.8, 4) is 0 Å². The van der Waals surface area contributed by atoms with Gasteiger partial charge in [-0.3, -0.25) is 0 Å². The average Bonchev–Trinajstić information content (AvgIpc) is 2.98. The van der Waals surface area contributed by atoms with Crippen LogP contribution in [0.4, 0.5) is 0 Å². The number of allylic oxidation sites excluding steroid dienone is 10. The molecule has 266 valence electrons. The Morgan fingerprint density at radius 1 is 0.500 bits per heavy atom. The SMILES string of the molecule is C/C(=C\CC/C(C)=C/COC[C@@H](CO)OC/C=C(\C)CC/C=C(\C)CC/C=C(\C)CCCC(C)C)CC/C=C(\C)CCCC(C)C. The summed E-state index contributed by atoms with van der Waals surface area (Å²) in [6, 6.07) is 0. The van der Waals surface area contributed by atoms with Crippen LogP contribution in [0.15, 0.2) is 69.9 Å². The highest BCUT2D eigenvalue weighted by Gasteiger charge is 2.07. The molecule has 0 saturated heterocycles. The lowest BCUT2D eigenvalue weighted by Gasteiger charge is -2.14. The molecule has 0 amide bonds. The lowest BCUT2D eigenvalue weighted by molar-refractivity contribution is -0.0272. The minimum absolute atomic E-state index is 0.0279. The highest BCUT2D eigenvalue weighted by Crippen LogP contribution is 2.17. The van der Waals surface area contributed by atoms with Gasteiger partial charge in [0.15, 0.2) is 0 Å². The third kappa shape index (κ3) is 29.7. The molecule has 0 rings (SSSR count). The Labute approximate surface area is 287 Å². The van der Waals surface area contributed by atoms with Crippen LogP contribution < -0.4 is 0 Å². The zero-order valence-corrected chi connectivity index (χ0v) is 32.2. The monoisotopic (exact) mass is 641 g/mol. The first-order valence-corrected chi connectivity index (χ1v) is 18.7.